The Bertz CT molecular complexity index is 829. The van der Waals surface area contributed by atoms with Crippen LogP contribution in [-0.4, -0.2) is 11.1 Å². The molecule has 2 aromatic carbocycles. The molecule has 0 saturated carbocycles. The van der Waals surface area contributed by atoms with Gasteiger partial charge in [0.05, 0.1) is 5.56 Å². The lowest BCUT2D eigenvalue weighted by Gasteiger charge is -2.05. The second-order valence-corrected chi connectivity index (χ2v) is 6.77. The van der Waals surface area contributed by atoms with E-state index in [2.05, 4.69) is 49.6 Å². The van der Waals surface area contributed by atoms with Gasteiger partial charge < -0.3 is 5.11 Å². The van der Waals surface area contributed by atoms with E-state index in [1.807, 2.05) is 6.07 Å². The largest absolute Gasteiger partial charge is 0.478 e. The maximum Gasteiger partial charge on any atom is 0.335 e. The van der Waals surface area contributed by atoms with E-state index < -0.39 is 5.97 Å². The minimum atomic E-state index is -0.897. The number of carboxylic acids is 1. The Kier molecular flexibility index (Phi) is 4.30. The van der Waals surface area contributed by atoms with Gasteiger partial charge in [0.25, 0.3) is 0 Å². The van der Waals surface area contributed by atoms with E-state index >= 15 is 0 Å². The molecule has 1 N–H and O–H groups in total. The molecule has 2 nitrogen and oxygen atoms in total. The van der Waals surface area contributed by atoms with Crippen LogP contribution in [0.15, 0.2) is 60.0 Å². The van der Waals surface area contributed by atoms with Crippen molar-refractivity contribution in [2.45, 2.75) is 19.8 Å². The van der Waals surface area contributed by atoms with Crippen molar-refractivity contribution in [3.05, 3.63) is 71.1 Å². The average molecular weight is 322 g/mol. The molecule has 3 aromatic rings. The van der Waals surface area contributed by atoms with E-state index in [0.29, 0.717) is 11.5 Å². The molecular formula is C20H18O2S. The molecule has 3 rings (SSSR count). The summed E-state index contributed by atoms with van der Waals surface area (Å²) in [5.41, 5.74) is 4.84. The smallest absolute Gasteiger partial charge is 0.335 e. The van der Waals surface area contributed by atoms with Crippen LogP contribution >= 0.6 is 11.3 Å². The summed E-state index contributed by atoms with van der Waals surface area (Å²) in [4.78, 5) is 12.3. The Labute approximate surface area is 140 Å². The van der Waals surface area contributed by atoms with Gasteiger partial charge in [-0.05, 0) is 51.8 Å². The zero-order chi connectivity index (χ0) is 16.4. The number of thiophene rings is 1. The summed E-state index contributed by atoms with van der Waals surface area (Å²) in [5.74, 6) is -0.367. The van der Waals surface area contributed by atoms with E-state index in [4.69, 9.17) is 5.11 Å². The molecule has 0 aliphatic heterocycles. The highest BCUT2D eigenvalue weighted by molar-refractivity contribution is 7.14. The number of hydrogen-bond acceptors (Lipinski definition) is 2. The first-order valence-corrected chi connectivity index (χ1v) is 8.45. The predicted octanol–water partition coefficient (Wildman–Crippen LogP) is 5.90. The number of aromatic carboxylic acids is 1. The van der Waals surface area contributed by atoms with Crippen LogP contribution in [0.2, 0.25) is 0 Å². The fourth-order valence-corrected chi connectivity index (χ4v) is 3.43. The van der Waals surface area contributed by atoms with Crippen LogP contribution in [0.1, 0.15) is 35.7 Å². The van der Waals surface area contributed by atoms with Gasteiger partial charge in [-0.1, -0.05) is 50.2 Å². The van der Waals surface area contributed by atoms with Crippen molar-refractivity contribution in [1.82, 2.24) is 0 Å². The highest BCUT2D eigenvalue weighted by Gasteiger charge is 2.08. The van der Waals surface area contributed by atoms with Crippen molar-refractivity contribution in [2.75, 3.05) is 0 Å². The third kappa shape index (κ3) is 3.35. The SMILES string of the molecule is CC(C)c1ccc(-c2cc(-c3cccc(C(=O)O)c3)cs2)cc1. The van der Waals surface area contributed by atoms with E-state index in [-0.39, 0.29) is 0 Å². The maximum atomic E-state index is 11.1. The Morgan fingerprint density at radius 3 is 2.35 bits per heavy atom. The van der Waals surface area contributed by atoms with Crippen LogP contribution < -0.4 is 0 Å². The van der Waals surface area contributed by atoms with Crippen LogP contribution in [0.25, 0.3) is 21.6 Å². The van der Waals surface area contributed by atoms with Gasteiger partial charge in [-0.3, -0.25) is 0 Å². The van der Waals surface area contributed by atoms with Crippen LogP contribution in [0, 0.1) is 0 Å². The fourth-order valence-electron chi connectivity index (χ4n) is 2.50. The lowest BCUT2D eigenvalue weighted by atomic mass is 10.0. The lowest BCUT2D eigenvalue weighted by Crippen LogP contribution is -1.95. The van der Waals surface area contributed by atoms with Crippen LogP contribution in [0.3, 0.4) is 0 Å². The molecule has 0 aliphatic rings. The first-order valence-electron chi connectivity index (χ1n) is 7.57. The van der Waals surface area contributed by atoms with Gasteiger partial charge >= 0.3 is 5.97 Å². The Morgan fingerprint density at radius 1 is 0.957 bits per heavy atom. The van der Waals surface area contributed by atoms with Gasteiger partial charge in [-0.15, -0.1) is 11.3 Å². The molecule has 0 spiro atoms. The van der Waals surface area contributed by atoms with Gasteiger partial charge in [0, 0.05) is 4.88 Å². The normalized spacial score (nSPS) is 10.9. The number of carboxylic acid groups (broad SMARTS) is 1. The number of carbonyl (C=O) groups is 1. The average Bonchev–Trinajstić information content (AvgIpc) is 3.05. The highest BCUT2D eigenvalue weighted by Crippen LogP contribution is 2.33. The number of benzene rings is 2. The van der Waals surface area contributed by atoms with Crippen LogP contribution in [-0.2, 0) is 0 Å². The molecule has 0 amide bonds. The molecule has 0 unspecified atom stereocenters. The van der Waals surface area contributed by atoms with Crippen molar-refractivity contribution in [3.63, 3.8) is 0 Å². The second-order valence-electron chi connectivity index (χ2n) is 5.86. The Hall–Kier alpha value is -2.39. The zero-order valence-electron chi connectivity index (χ0n) is 13.1. The van der Waals surface area contributed by atoms with Crippen molar-refractivity contribution >= 4 is 17.3 Å². The molecule has 0 atom stereocenters. The molecule has 1 heterocycles. The number of hydrogen-bond donors (Lipinski definition) is 1. The molecule has 0 saturated heterocycles. The van der Waals surface area contributed by atoms with E-state index in [0.717, 1.165) is 11.1 Å². The molecule has 23 heavy (non-hydrogen) atoms. The van der Waals surface area contributed by atoms with E-state index in [1.54, 1.807) is 29.5 Å². The predicted molar refractivity (Wildman–Crippen MR) is 96.2 cm³/mol. The first kappa shape index (κ1) is 15.5. The summed E-state index contributed by atoms with van der Waals surface area (Å²) in [6.07, 6.45) is 0. The number of rotatable bonds is 4. The molecule has 3 heteroatoms. The monoisotopic (exact) mass is 322 g/mol. The third-order valence-corrected chi connectivity index (χ3v) is 4.88. The Morgan fingerprint density at radius 2 is 1.70 bits per heavy atom. The second kappa shape index (κ2) is 6.39. The molecule has 0 aliphatic carbocycles. The van der Waals surface area contributed by atoms with Gasteiger partial charge in [-0.2, -0.15) is 0 Å². The summed E-state index contributed by atoms with van der Waals surface area (Å²) in [7, 11) is 0. The summed E-state index contributed by atoms with van der Waals surface area (Å²) in [6, 6.07) is 17.8. The van der Waals surface area contributed by atoms with Gasteiger partial charge in [0.15, 0.2) is 0 Å². The highest BCUT2D eigenvalue weighted by atomic mass is 32.1. The van der Waals surface area contributed by atoms with Crippen molar-refractivity contribution in [2.24, 2.45) is 0 Å². The van der Waals surface area contributed by atoms with Crippen LogP contribution in [0.4, 0.5) is 0 Å². The quantitative estimate of drug-likeness (QED) is 0.649. The Balaban J connectivity index is 1.91. The lowest BCUT2D eigenvalue weighted by molar-refractivity contribution is 0.0697. The van der Waals surface area contributed by atoms with Crippen molar-refractivity contribution in [3.8, 4) is 21.6 Å². The van der Waals surface area contributed by atoms with E-state index in [1.165, 1.54) is 16.0 Å². The maximum absolute atomic E-state index is 11.1. The third-order valence-electron chi connectivity index (χ3n) is 3.90. The first-order chi connectivity index (χ1) is 11.0. The summed E-state index contributed by atoms with van der Waals surface area (Å²) in [5, 5.41) is 11.2. The van der Waals surface area contributed by atoms with Crippen LogP contribution in [0.5, 0.6) is 0 Å². The van der Waals surface area contributed by atoms with E-state index in [9.17, 15) is 4.79 Å². The summed E-state index contributed by atoms with van der Waals surface area (Å²) in [6.45, 7) is 4.38. The molecule has 0 fully saturated rings. The molecular weight excluding hydrogens is 304 g/mol. The van der Waals surface area contributed by atoms with Gasteiger partial charge in [0.2, 0.25) is 0 Å². The van der Waals surface area contributed by atoms with Crippen molar-refractivity contribution in [1.29, 1.82) is 0 Å². The topological polar surface area (TPSA) is 37.3 Å². The molecule has 0 radical (unpaired) electrons. The zero-order valence-corrected chi connectivity index (χ0v) is 13.9. The van der Waals surface area contributed by atoms with Crippen molar-refractivity contribution < 1.29 is 9.90 Å². The molecule has 1 aromatic heterocycles. The molecule has 116 valence electrons. The fraction of sp³-hybridized carbons (Fsp3) is 0.150. The standard InChI is InChI=1S/C20H18O2S/c1-13(2)14-6-8-15(9-7-14)19-11-18(12-23-19)16-4-3-5-17(10-16)20(21)22/h3-13H,1-2H3,(H,21,22). The summed E-state index contributed by atoms with van der Waals surface area (Å²) >= 11 is 1.68. The molecule has 0 bridgehead atoms. The van der Waals surface area contributed by atoms with Gasteiger partial charge in [-0.25, -0.2) is 4.79 Å². The van der Waals surface area contributed by atoms with Gasteiger partial charge in [0.1, 0.15) is 0 Å². The minimum Gasteiger partial charge on any atom is -0.478 e. The summed E-state index contributed by atoms with van der Waals surface area (Å²) < 4.78 is 0. The minimum absolute atomic E-state index is 0.316.